The van der Waals surface area contributed by atoms with Gasteiger partial charge in [-0.15, -0.1) is 0 Å². The van der Waals surface area contributed by atoms with Crippen molar-refractivity contribution in [1.29, 1.82) is 0 Å². The van der Waals surface area contributed by atoms with Gasteiger partial charge in [-0.1, -0.05) is 23.7 Å². The summed E-state index contributed by atoms with van der Waals surface area (Å²) in [6.45, 7) is 2.52. The molecule has 2 aromatic heterocycles. The van der Waals surface area contributed by atoms with E-state index in [1.165, 1.54) is 0 Å². The first-order valence-electron chi connectivity index (χ1n) is 8.74. The number of carbonyl (C=O) groups excluding carboxylic acids is 1. The molecule has 1 saturated heterocycles. The summed E-state index contributed by atoms with van der Waals surface area (Å²) in [5.41, 5.74) is 0.948. The number of fused-ring (bicyclic) bond motifs is 1. The quantitative estimate of drug-likeness (QED) is 0.721. The number of hydrogen-bond donors (Lipinski definition) is 2. The number of benzene rings is 1. The van der Waals surface area contributed by atoms with Gasteiger partial charge < -0.3 is 10.3 Å². The lowest BCUT2D eigenvalue weighted by Crippen LogP contribution is -2.25. The number of pyridine rings is 1. The molecule has 3 heterocycles. The molecule has 3 aromatic rings. The highest BCUT2D eigenvalue weighted by Crippen LogP contribution is 2.24. The van der Waals surface area contributed by atoms with E-state index in [1.807, 2.05) is 25.1 Å². The molecule has 0 aliphatic carbocycles. The zero-order valence-corrected chi connectivity index (χ0v) is 15.5. The first kappa shape index (κ1) is 17.5. The molecular formula is C19H18ClN5O2. The van der Waals surface area contributed by atoms with Crippen molar-refractivity contribution in [3.05, 3.63) is 57.5 Å². The number of amides is 1. The van der Waals surface area contributed by atoms with E-state index in [-0.39, 0.29) is 17.5 Å². The van der Waals surface area contributed by atoms with E-state index in [9.17, 15) is 9.59 Å². The van der Waals surface area contributed by atoms with Gasteiger partial charge in [-0.2, -0.15) is 4.98 Å². The molecule has 1 aliphatic rings. The van der Waals surface area contributed by atoms with Crippen LogP contribution in [0.5, 0.6) is 0 Å². The largest absolute Gasteiger partial charge is 0.347 e. The van der Waals surface area contributed by atoms with E-state index in [4.69, 9.17) is 11.6 Å². The van der Waals surface area contributed by atoms with Crippen LogP contribution in [0, 0.1) is 0 Å². The number of para-hydroxylation sites is 1. The number of anilines is 2. The number of nitrogens with one attached hydrogen (secondary N) is 2. The van der Waals surface area contributed by atoms with Crippen LogP contribution < -0.4 is 15.8 Å². The monoisotopic (exact) mass is 383 g/mol. The maximum atomic E-state index is 12.5. The SMILES string of the molecule is C[C@H](Nc1nccc(N2CCCC2=O)n1)c1cc2cccc(Cl)c2[nH]c1=O. The zero-order valence-electron chi connectivity index (χ0n) is 14.7. The van der Waals surface area contributed by atoms with Crippen molar-refractivity contribution in [1.82, 2.24) is 15.0 Å². The van der Waals surface area contributed by atoms with Crippen LogP contribution >= 0.6 is 11.6 Å². The number of nitrogens with zero attached hydrogens (tertiary/aromatic N) is 3. The minimum atomic E-state index is -0.332. The highest BCUT2D eigenvalue weighted by Gasteiger charge is 2.23. The summed E-state index contributed by atoms with van der Waals surface area (Å²) in [6.07, 6.45) is 2.97. The van der Waals surface area contributed by atoms with E-state index < -0.39 is 0 Å². The second kappa shape index (κ2) is 7.00. The van der Waals surface area contributed by atoms with Crippen LogP contribution in [0.2, 0.25) is 5.02 Å². The Labute approximate surface area is 160 Å². The number of H-pyrrole nitrogens is 1. The van der Waals surface area contributed by atoms with Crippen molar-refractivity contribution in [2.75, 3.05) is 16.8 Å². The normalized spacial score (nSPS) is 15.3. The highest BCUT2D eigenvalue weighted by molar-refractivity contribution is 6.35. The fourth-order valence-electron chi connectivity index (χ4n) is 3.26. The lowest BCUT2D eigenvalue weighted by Gasteiger charge is -2.17. The zero-order chi connectivity index (χ0) is 19.0. The van der Waals surface area contributed by atoms with Crippen LogP contribution in [0.25, 0.3) is 10.9 Å². The highest BCUT2D eigenvalue weighted by atomic mass is 35.5. The van der Waals surface area contributed by atoms with Gasteiger partial charge in [0.15, 0.2) is 0 Å². The molecule has 1 aromatic carbocycles. The van der Waals surface area contributed by atoms with Crippen molar-refractivity contribution in [2.45, 2.75) is 25.8 Å². The maximum Gasteiger partial charge on any atom is 0.253 e. The van der Waals surface area contributed by atoms with Crippen LogP contribution in [0.3, 0.4) is 0 Å². The molecule has 1 amide bonds. The van der Waals surface area contributed by atoms with Crippen molar-refractivity contribution in [3.8, 4) is 0 Å². The molecule has 138 valence electrons. The third-order valence-electron chi connectivity index (χ3n) is 4.66. The average Bonchev–Trinajstić information content (AvgIpc) is 3.08. The molecule has 1 atom stereocenters. The fraction of sp³-hybridized carbons (Fsp3) is 0.263. The van der Waals surface area contributed by atoms with Crippen molar-refractivity contribution in [2.24, 2.45) is 0 Å². The second-order valence-corrected chi connectivity index (χ2v) is 6.92. The van der Waals surface area contributed by atoms with E-state index >= 15 is 0 Å². The van der Waals surface area contributed by atoms with Gasteiger partial charge in [0.2, 0.25) is 11.9 Å². The molecule has 2 N–H and O–H groups in total. The Morgan fingerprint density at radius 3 is 2.93 bits per heavy atom. The van der Waals surface area contributed by atoms with Crippen LogP contribution in [0.15, 0.2) is 41.3 Å². The second-order valence-electron chi connectivity index (χ2n) is 6.51. The molecule has 7 nitrogen and oxygen atoms in total. The molecule has 0 spiro atoms. The summed E-state index contributed by atoms with van der Waals surface area (Å²) in [5.74, 6) is 1.00. The fourth-order valence-corrected chi connectivity index (χ4v) is 3.49. The van der Waals surface area contributed by atoms with Crippen LogP contribution in [-0.2, 0) is 4.79 Å². The van der Waals surface area contributed by atoms with E-state index in [0.717, 1.165) is 11.8 Å². The molecule has 27 heavy (non-hydrogen) atoms. The number of hydrogen-bond acceptors (Lipinski definition) is 5. The summed E-state index contributed by atoms with van der Waals surface area (Å²) in [6, 6.07) is 8.66. The molecular weight excluding hydrogens is 366 g/mol. The first-order chi connectivity index (χ1) is 13.0. The van der Waals surface area contributed by atoms with Gasteiger partial charge in [0.25, 0.3) is 5.56 Å². The number of aromatic nitrogens is 3. The lowest BCUT2D eigenvalue weighted by molar-refractivity contribution is -0.117. The molecule has 0 unspecified atom stereocenters. The van der Waals surface area contributed by atoms with Crippen LogP contribution in [-0.4, -0.2) is 27.4 Å². The minimum Gasteiger partial charge on any atom is -0.347 e. The molecule has 0 radical (unpaired) electrons. The summed E-state index contributed by atoms with van der Waals surface area (Å²) >= 11 is 6.14. The topological polar surface area (TPSA) is 91.0 Å². The van der Waals surface area contributed by atoms with E-state index in [1.54, 1.807) is 23.2 Å². The van der Waals surface area contributed by atoms with Gasteiger partial charge >= 0.3 is 0 Å². The first-order valence-corrected chi connectivity index (χ1v) is 9.12. The molecule has 0 bridgehead atoms. The van der Waals surface area contributed by atoms with Crippen LogP contribution in [0.1, 0.15) is 31.4 Å². The summed E-state index contributed by atoms with van der Waals surface area (Å²) in [7, 11) is 0. The smallest absolute Gasteiger partial charge is 0.253 e. The van der Waals surface area contributed by atoms with Gasteiger partial charge in [0, 0.05) is 30.1 Å². The maximum absolute atomic E-state index is 12.5. The Bertz CT molecular complexity index is 1080. The molecule has 8 heteroatoms. The van der Waals surface area contributed by atoms with Gasteiger partial charge in [-0.05, 0) is 31.5 Å². The Morgan fingerprint density at radius 2 is 2.15 bits per heavy atom. The molecule has 4 rings (SSSR count). The Morgan fingerprint density at radius 1 is 1.30 bits per heavy atom. The number of carbonyl (C=O) groups is 1. The Kier molecular flexibility index (Phi) is 4.53. The van der Waals surface area contributed by atoms with Crippen molar-refractivity contribution < 1.29 is 4.79 Å². The Balaban J connectivity index is 1.62. The number of halogens is 1. The van der Waals surface area contributed by atoms with Crippen molar-refractivity contribution >= 4 is 40.2 Å². The van der Waals surface area contributed by atoms with Crippen LogP contribution in [0.4, 0.5) is 11.8 Å². The number of rotatable bonds is 4. The predicted molar refractivity (Wildman–Crippen MR) is 105 cm³/mol. The molecule has 1 aliphatic heterocycles. The van der Waals surface area contributed by atoms with Gasteiger partial charge in [-0.25, -0.2) is 4.98 Å². The summed E-state index contributed by atoms with van der Waals surface area (Å²) in [4.78, 5) is 37.5. The lowest BCUT2D eigenvalue weighted by atomic mass is 10.1. The van der Waals surface area contributed by atoms with Gasteiger partial charge in [0.1, 0.15) is 5.82 Å². The van der Waals surface area contributed by atoms with Gasteiger partial charge in [0.05, 0.1) is 16.6 Å². The van der Waals surface area contributed by atoms with Gasteiger partial charge in [-0.3, -0.25) is 14.5 Å². The van der Waals surface area contributed by atoms with E-state index in [0.29, 0.717) is 40.8 Å². The van der Waals surface area contributed by atoms with E-state index in [2.05, 4.69) is 20.3 Å². The third-order valence-corrected chi connectivity index (χ3v) is 4.98. The summed E-state index contributed by atoms with van der Waals surface area (Å²) < 4.78 is 0. The third kappa shape index (κ3) is 3.38. The summed E-state index contributed by atoms with van der Waals surface area (Å²) in [5, 5.41) is 4.50. The number of aromatic amines is 1. The Hall–Kier alpha value is -2.93. The minimum absolute atomic E-state index is 0.0653. The van der Waals surface area contributed by atoms with Crippen molar-refractivity contribution in [3.63, 3.8) is 0 Å². The molecule has 1 fully saturated rings. The average molecular weight is 384 g/mol. The molecule has 0 saturated carbocycles. The predicted octanol–water partition coefficient (Wildman–Crippen LogP) is 3.27. The standard InChI is InChI=1S/C19H18ClN5O2/c1-11(13-10-12-4-2-5-14(20)17(12)24-18(13)27)22-19-21-8-7-15(23-19)25-9-3-6-16(25)26/h2,4-5,7-8,10-11H,3,6,9H2,1H3,(H,24,27)(H,21,22,23)/t11-/m0/s1.